The van der Waals surface area contributed by atoms with Crippen LogP contribution in [0.5, 0.6) is 0 Å². The van der Waals surface area contributed by atoms with Crippen LogP contribution in [0.4, 0.5) is 10.5 Å². The number of carbonyl (C=O) groups excluding carboxylic acids is 1. The summed E-state index contributed by atoms with van der Waals surface area (Å²) in [5.41, 5.74) is 7.23. The van der Waals surface area contributed by atoms with Crippen LogP contribution in [0.15, 0.2) is 48.5 Å². The fourth-order valence-electron chi connectivity index (χ4n) is 4.35. The van der Waals surface area contributed by atoms with Crippen molar-refractivity contribution in [2.24, 2.45) is 0 Å². The number of nitrogens with zero attached hydrogens (tertiary/aromatic N) is 1. The van der Waals surface area contributed by atoms with Gasteiger partial charge in [-0.15, -0.1) is 11.3 Å². The van der Waals surface area contributed by atoms with E-state index in [-0.39, 0.29) is 12.1 Å². The molecule has 4 rings (SSSR count). The molecule has 1 unspecified atom stereocenters. The lowest BCUT2D eigenvalue weighted by Gasteiger charge is -2.36. The highest BCUT2D eigenvalue weighted by Gasteiger charge is 2.35. The monoisotopic (exact) mass is 404 g/mol. The molecule has 0 aliphatic carbocycles. The van der Waals surface area contributed by atoms with E-state index in [9.17, 15) is 4.79 Å². The summed E-state index contributed by atoms with van der Waals surface area (Å²) in [6.07, 6.45) is 1.97. The molecule has 2 heterocycles. The lowest BCUT2D eigenvalue weighted by Crippen LogP contribution is -2.42. The highest BCUT2D eigenvalue weighted by atomic mass is 32.1. The van der Waals surface area contributed by atoms with Gasteiger partial charge >= 0.3 is 6.03 Å². The first-order chi connectivity index (χ1) is 14.0. The van der Waals surface area contributed by atoms with Gasteiger partial charge in [-0.2, -0.15) is 0 Å². The van der Waals surface area contributed by atoms with Crippen molar-refractivity contribution in [3.8, 4) is 0 Å². The number of urea groups is 1. The highest BCUT2D eigenvalue weighted by molar-refractivity contribution is 7.12. The van der Waals surface area contributed by atoms with Crippen molar-refractivity contribution < 1.29 is 4.79 Å². The number of fused-ring (bicyclic) bond motifs is 1. The van der Waals surface area contributed by atoms with Gasteiger partial charge in [0.05, 0.1) is 6.04 Å². The van der Waals surface area contributed by atoms with Gasteiger partial charge in [-0.3, -0.25) is 0 Å². The van der Waals surface area contributed by atoms with E-state index in [1.165, 1.54) is 26.4 Å². The molecule has 3 nitrogen and oxygen atoms in total. The van der Waals surface area contributed by atoms with Crippen LogP contribution >= 0.6 is 11.3 Å². The van der Waals surface area contributed by atoms with Crippen LogP contribution in [-0.4, -0.2) is 17.5 Å². The average Bonchev–Trinajstić information content (AvgIpc) is 3.05. The molecule has 0 fully saturated rings. The SMILES string of the molecule is CCc1c(C)sc2c1CCN(C(=O)Nc1cc(C)ccc1C)C2c1ccccc1. The highest BCUT2D eigenvalue weighted by Crippen LogP contribution is 2.43. The predicted molar refractivity (Wildman–Crippen MR) is 122 cm³/mol. The molecule has 1 aliphatic heterocycles. The van der Waals surface area contributed by atoms with Gasteiger partial charge in [0.15, 0.2) is 0 Å². The van der Waals surface area contributed by atoms with Crippen molar-refractivity contribution in [1.29, 1.82) is 0 Å². The number of rotatable bonds is 3. The number of amides is 2. The van der Waals surface area contributed by atoms with Crippen molar-refractivity contribution >= 4 is 23.1 Å². The Morgan fingerprint density at radius 2 is 1.90 bits per heavy atom. The van der Waals surface area contributed by atoms with Gasteiger partial charge in [0, 0.05) is 22.0 Å². The van der Waals surface area contributed by atoms with E-state index in [2.05, 4.69) is 62.5 Å². The molecule has 29 heavy (non-hydrogen) atoms. The summed E-state index contributed by atoms with van der Waals surface area (Å²) in [4.78, 5) is 18.1. The summed E-state index contributed by atoms with van der Waals surface area (Å²) in [7, 11) is 0. The van der Waals surface area contributed by atoms with E-state index in [1.807, 2.05) is 35.3 Å². The van der Waals surface area contributed by atoms with Gasteiger partial charge < -0.3 is 10.2 Å². The lowest BCUT2D eigenvalue weighted by molar-refractivity contribution is 0.195. The molecule has 1 N–H and O–H groups in total. The van der Waals surface area contributed by atoms with E-state index in [4.69, 9.17) is 0 Å². The molecular weight excluding hydrogens is 376 g/mol. The third-order valence-corrected chi connectivity index (χ3v) is 7.12. The van der Waals surface area contributed by atoms with Gasteiger partial charge in [0.1, 0.15) is 0 Å². The summed E-state index contributed by atoms with van der Waals surface area (Å²) in [6.45, 7) is 9.26. The van der Waals surface area contributed by atoms with Crippen LogP contribution < -0.4 is 5.32 Å². The van der Waals surface area contributed by atoms with Gasteiger partial charge in [-0.05, 0) is 67.5 Å². The summed E-state index contributed by atoms with van der Waals surface area (Å²) in [5.74, 6) is 0. The quantitative estimate of drug-likeness (QED) is 0.537. The summed E-state index contributed by atoms with van der Waals surface area (Å²) < 4.78 is 0. The number of thiophene rings is 1. The molecule has 4 heteroatoms. The Morgan fingerprint density at radius 3 is 2.62 bits per heavy atom. The minimum Gasteiger partial charge on any atom is -0.312 e. The first-order valence-corrected chi connectivity index (χ1v) is 11.1. The molecule has 0 spiro atoms. The van der Waals surface area contributed by atoms with Crippen molar-refractivity contribution in [2.75, 3.05) is 11.9 Å². The molecule has 2 aromatic carbocycles. The Bertz CT molecular complexity index is 1040. The van der Waals surface area contributed by atoms with E-state index >= 15 is 0 Å². The maximum atomic E-state index is 13.4. The Morgan fingerprint density at radius 1 is 1.14 bits per heavy atom. The van der Waals surface area contributed by atoms with Crippen LogP contribution in [0.1, 0.15) is 50.5 Å². The zero-order valence-electron chi connectivity index (χ0n) is 17.6. The molecule has 3 aromatic rings. The lowest BCUT2D eigenvalue weighted by atomic mass is 9.92. The van der Waals surface area contributed by atoms with Crippen molar-refractivity contribution in [3.63, 3.8) is 0 Å². The van der Waals surface area contributed by atoms with E-state index in [1.54, 1.807) is 0 Å². The Labute approximate surface area is 177 Å². The Balaban J connectivity index is 1.73. The van der Waals surface area contributed by atoms with Crippen molar-refractivity contribution in [1.82, 2.24) is 4.90 Å². The maximum absolute atomic E-state index is 13.4. The van der Waals surface area contributed by atoms with Crippen LogP contribution in [0.25, 0.3) is 0 Å². The van der Waals surface area contributed by atoms with Gasteiger partial charge in [0.2, 0.25) is 0 Å². The van der Waals surface area contributed by atoms with Gasteiger partial charge in [0.25, 0.3) is 0 Å². The minimum absolute atomic E-state index is 0.0256. The van der Waals surface area contributed by atoms with Crippen LogP contribution in [0.3, 0.4) is 0 Å². The van der Waals surface area contributed by atoms with Crippen LogP contribution in [-0.2, 0) is 12.8 Å². The third-order valence-electron chi connectivity index (χ3n) is 5.88. The number of benzene rings is 2. The third kappa shape index (κ3) is 3.69. The molecule has 0 saturated carbocycles. The van der Waals surface area contributed by atoms with E-state index in [0.29, 0.717) is 0 Å². The van der Waals surface area contributed by atoms with Crippen molar-refractivity contribution in [2.45, 2.75) is 46.6 Å². The first-order valence-electron chi connectivity index (χ1n) is 10.3. The summed E-state index contributed by atoms with van der Waals surface area (Å²) >= 11 is 1.86. The predicted octanol–water partition coefficient (Wildman–Crippen LogP) is 6.42. The zero-order valence-corrected chi connectivity index (χ0v) is 18.4. The molecule has 2 amide bonds. The minimum atomic E-state index is -0.0333. The summed E-state index contributed by atoms with van der Waals surface area (Å²) in [5, 5.41) is 3.18. The Kier molecular flexibility index (Phi) is 5.46. The molecular formula is C25H28N2OS. The number of nitrogens with one attached hydrogen (secondary N) is 1. The topological polar surface area (TPSA) is 32.3 Å². The first kappa shape index (κ1) is 19.7. The molecule has 0 bridgehead atoms. The van der Waals surface area contributed by atoms with Crippen molar-refractivity contribution in [3.05, 3.63) is 86.1 Å². The maximum Gasteiger partial charge on any atom is 0.322 e. The fraction of sp³-hybridized carbons (Fsp3) is 0.320. The number of hydrogen-bond donors (Lipinski definition) is 1. The van der Waals surface area contributed by atoms with Gasteiger partial charge in [-0.25, -0.2) is 4.79 Å². The number of hydrogen-bond acceptors (Lipinski definition) is 2. The fourth-order valence-corrected chi connectivity index (χ4v) is 5.80. The standard InChI is InChI=1S/C25H28N2OS/c1-5-20-18(4)29-24-21(20)13-14-27(23(24)19-9-7-6-8-10-19)25(28)26-22-15-16(2)11-12-17(22)3/h6-12,15,23H,5,13-14H2,1-4H3,(H,26,28). The summed E-state index contributed by atoms with van der Waals surface area (Å²) in [6, 6.07) is 16.6. The molecule has 0 saturated heterocycles. The van der Waals surface area contributed by atoms with E-state index < -0.39 is 0 Å². The Hall–Kier alpha value is -2.59. The van der Waals surface area contributed by atoms with Gasteiger partial charge in [-0.1, -0.05) is 49.4 Å². The smallest absolute Gasteiger partial charge is 0.312 e. The van der Waals surface area contributed by atoms with Crippen LogP contribution in [0.2, 0.25) is 0 Å². The largest absolute Gasteiger partial charge is 0.322 e. The normalized spacial score (nSPS) is 15.9. The molecule has 1 aromatic heterocycles. The number of aryl methyl sites for hydroxylation is 3. The molecule has 150 valence electrons. The second kappa shape index (κ2) is 8.03. The van der Waals surface area contributed by atoms with Crippen LogP contribution in [0, 0.1) is 20.8 Å². The number of anilines is 1. The zero-order chi connectivity index (χ0) is 20.5. The van der Waals surface area contributed by atoms with E-state index in [0.717, 1.165) is 36.2 Å². The molecule has 0 radical (unpaired) electrons. The second-order valence-corrected chi connectivity index (χ2v) is 9.09. The molecule has 1 aliphatic rings. The number of carbonyl (C=O) groups is 1. The average molecular weight is 405 g/mol. The second-order valence-electron chi connectivity index (χ2n) is 7.84. The molecule has 1 atom stereocenters.